The van der Waals surface area contributed by atoms with Crippen LogP contribution in [0.3, 0.4) is 0 Å². The Bertz CT molecular complexity index is 932. The van der Waals surface area contributed by atoms with Crippen molar-refractivity contribution in [3.05, 3.63) is 53.1 Å². The SMILES string of the molecule is O=c1c2cnc3[nH]ncc3c2[nH]n1-c1ccccc1. The number of hydrogen-bond donors (Lipinski definition) is 2. The standard InChI is InChI=1S/C13H9N5O/c19-13-10-6-14-12-9(7-15-16-12)11(10)17-18(13)8-4-2-1-3-5-8/h1-7,17H,(H,14,15,16). The van der Waals surface area contributed by atoms with Crippen LogP contribution in [0.5, 0.6) is 0 Å². The highest BCUT2D eigenvalue weighted by Crippen LogP contribution is 2.18. The van der Waals surface area contributed by atoms with Crippen molar-refractivity contribution in [3.63, 3.8) is 0 Å². The van der Waals surface area contributed by atoms with Gasteiger partial charge in [0, 0.05) is 6.20 Å². The van der Waals surface area contributed by atoms with E-state index in [1.807, 2.05) is 30.3 Å². The highest BCUT2D eigenvalue weighted by molar-refractivity contribution is 6.01. The van der Waals surface area contributed by atoms with Crippen molar-refractivity contribution in [1.82, 2.24) is 25.0 Å². The summed E-state index contributed by atoms with van der Waals surface area (Å²) in [7, 11) is 0. The highest BCUT2D eigenvalue weighted by atomic mass is 16.1. The number of para-hydroxylation sites is 1. The second-order valence-electron chi connectivity index (χ2n) is 4.27. The maximum Gasteiger partial charge on any atom is 0.280 e. The number of rotatable bonds is 1. The highest BCUT2D eigenvalue weighted by Gasteiger charge is 2.12. The summed E-state index contributed by atoms with van der Waals surface area (Å²) in [6.07, 6.45) is 3.23. The molecule has 19 heavy (non-hydrogen) atoms. The van der Waals surface area contributed by atoms with E-state index in [0.717, 1.165) is 16.6 Å². The fourth-order valence-electron chi connectivity index (χ4n) is 2.22. The largest absolute Gasteiger partial charge is 0.289 e. The minimum absolute atomic E-state index is 0.114. The van der Waals surface area contributed by atoms with Crippen LogP contribution < -0.4 is 5.56 Å². The van der Waals surface area contributed by atoms with E-state index < -0.39 is 0 Å². The van der Waals surface area contributed by atoms with Gasteiger partial charge in [0.1, 0.15) is 0 Å². The lowest BCUT2D eigenvalue weighted by Crippen LogP contribution is -2.13. The summed E-state index contributed by atoms with van der Waals surface area (Å²) >= 11 is 0. The van der Waals surface area contributed by atoms with Crippen LogP contribution in [0.2, 0.25) is 0 Å². The Hall–Kier alpha value is -2.89. The third-order valence-corrected chi connectivity index (χ3v) is 3.15. The summed E-state index contributed by atoms with van der Waals surface area (Å²) in [5.41, 5.74) is 2.08. The molecule has 0 saturated heterocycles. The Balaban J connectivity index is 2.14. The predicted molar refractivity (Wildman–Crippen MR) is 71.3 cm³/mol. The fraction of sp³-hybridized carbons (Fsp3) is 0. The molecule has 0 atom stereocenters. The van der Waals surface area contributed by atoms with Crippen LogP contribution >= 0.6 is 0 Å². The molecule has 0 amide bonds. The first-order valence-electron chi connectivity index (χ1n) is 5.83. The molecule has 3 aromatic heterocycles. The first-order valence-corrected chi connectivity index (χ1v) is 5.83. The van der Waals surface area contributed by atoms with Crippen LogP contribution in [-0.4, -0.2) is 25.0 Å². The van der Waals surface area contributed by atoms with E-state index in [0.29, 0.717) is 11.0 Å². The third-order valence-electron chi connectivity index (χ3n) is 3.15. The van der Waals surface area contributed by atoms with Gasteiger partial charge in [-0.1, -0.05) is 18.2 Å². The van der Waals surface area contributed by atoms with Gasteiger partial charge < -0.3 is 0 Å². The maximum atomic E-state index is 12.4. The lowest BCUT2D eigenvalue weighted by atomic mass is 10.2. The van der Waals surface area contributed by atoms with Crippen LogP contribution in [0.25, 0.3) is 27.6 Å². The van der Waals surface area contributed by atoms with Crippen molar-refractivity contribution in [2.75, 3.05) is 0 Å². The molecule has 6 heteroatoms. The summed E-state index contributed by atoms with van der Waals surface area (Å²) in [5.74, 6) is 0. The molecule has 92 valence electrons. The Morgan fingerprint density at radius 2 is 1.89 bits per heavy atom. The number of pyridine rings is 1. The minimum Gasteiger partial charge on any atom is -0.289 e. The van der Waals surface area contributed by atoms with Gasteiger partial charge in [0.2, 0.25) is 0 Å². The average molecular weight is 251 g/mol. The van der Waals surface area contributed by atoms with E-state index in [-0.39, 0.29) is 5.56 Å². The molecule has 0 aliphatic heterocycles. The molecule has 0 aliphatic rings. The van der Waals surface area contributed by atoms with Gasteiger partial charge in [0.05, 0.1) is 28.2 Å². The maximum absolute atomic E-state index is 12.4. The van der Waals surface area contributed by atoms with Crippen molar-refractivity contribution < 1.29 is 0 Å². The zero-order valence-corrected chi connectivity index (χ0v) is 9.79. The van der Waals surface area contributed by atoms with Crippen LogP contribution in [0, 0.1) is 0 Å². The van der Waals surface area contributed by atoms with Gasteiger partial charge in [0.25, 0.3) is 5.56 Å². The molecule has 0 fully saturated rings. The van der Waals surface area contributed by atoms with E-state index in [9.17, 15) is 4.79 Å². The minimum atomic E-state index is -0.114. The molecule has 0 aliphatic carbocycles. The normalized spacial score (nSPS) is 11.4. The Labute approximate surface area is 106 Å². The zero-order chi connectivity index (χ0) is 12.8. The zero-order valence-electron chi connectivity index (χ0n) is 9.79. The molecule has 4 rings (SSSR count). The van der Waals surface area contributed by atoms with Gasteiger partial charge in [-0.15, -0.1) is 0 Å². The summed E-state index contributed by atoms with van der Waals surface area (Å²) in [6, 6.07) is 9.43. The van der Waals surface area contributed by atoms with E-state index in [4.69, 9.17) is 0 Å². The summed E-state index contributed by atoms with van der Waals surface area (Å²) in [5, 5.41) is 11.2. The van der Waals surface area contributed by atoms with Crippen molar-refractivity contribution in [3.8, 4) is 5.69 Å². The van der Waals surface area contributed by atoms with Gasteiger partial charge >= 0.3 is 0 Å². The van der Waals surface area contributed by atoms with Gasteiger partial charge in [-0.3, -0.25) is 15.0 Å². The number of H-pyrrole nitrogens is 2. The Morgan fingerprint density at radius 3 is 2.74 bits per heavy atom. The molecule has 1 aromatic carbocycles. The molecule has 0 unspecified atom stereocenters. The van der Waals surface area contributed by atoms with Gasteiger partial charge in [-0.2, -0.15) is 5.10 Å². The predicted octanol–water partition coefficient (Wildman–Crippen LogP) is 1.59. The number of fused-ring (bicyclic) bond motifs is 3. The molecule has 4 aromatic rings. The van der Waals surface area contributed by atoms with Crippen LogP contribution in [0.1, 0.15) is 0 Å². The molecule has 0 spiro atoms. The Morgan fingerprint density at radius 1 is 1.05 bits per heavy atom. The number of aromatic amines is 2. The average Bonchev–Trinajstić information content (AvgIpc) is 3.04. The van der Waals surface area contributed by atoms with Crippen molar-refractivity contribution in [1.29, 1.82) is 0 Å². The van der Waals surface area contributed by atoms with Crippen LogP contribution in [0.15, 0.2) is 47.5 Å². The lowest BCUT2D eigenvalue weighted by molar-refractivity contribution is 0.864. The van der Waals surface area contributed by atoms with Crippen molar-refractivity contribution in [2.24, 2.45) is 0 Å². The molecule has 6 nitrogen and oxygen atoms in total. The first-order chi connectivity index (χ1) is 9.34. The van der Waals surface area contributed by atoms with Crippen molar-refractivity contribution in [2.45, 2.75) is 0 Å². The summed E-state index contributed by atoms with van der Waals surface area (Å²) < 4.78 is 1.51. The van der Waals surface area contributed by atoms with Crippen LogP contribution in [-0.2, 0) is 0 Å². The fourth-order valence-corrected chi connectivity index (χ4v) is 2.22. The number of nitrogens with one attached hydrogen (secondary N) is 2. The number of benzene rings is 1. The molecule has 3 heterocycles. The van der Waals surface area contributed by atoms with E-state index in [1.54, 1.807) is 12.4 Å². The van der Waals surface area contributed by atoms with E-state index in [2.05, 4.69) is 20.3 Å². The monoisotopic (exact) mass is 251 g/mol. The van der Waals surface area contributed by atoms with Gasteiger partial charge in [0.15, 0.2) is 5.65 Å². The van der Waals surface area contributed by atoms with Crippen molar-refractivity contribution >= 4 is 21.9 Å². The molecule has 0 saturated carbocycles. The lowest BCUT2D eigenvalue weighted by Gasteiger charge is -1.99. The molecular formula is C13H9N5O. The van der Waals surface area contributed by atoms with Gasteiger partial charge in [-0.05, 0) is 12.1 Å². The molecule has 0 bridgehead atoms. The topological polar surface area (TPSA) is 79.4 Å². The first kappa shape index (κ1) is 10.1. The number of nitrogens with zero attached hydrogens (tertiary/aromatic N) is 3. The summed E-state index contributed by atoms with van der Waals surface area (Å²) in [4.78, 5) is 16.5. The second-order valence-corrected chi connectivity index (χ2v) is 4.27. The summed E-state index contributed by atoms with van der Waals surface area (Å²) in [6.45, 7) is 0. The molecule has 0 radical (unpaired) electrons. The Kier molecular flexibility index (Phi) is 1.88. The van der Waals surface area contributed by atoms with Gasteiger partial charge in [-0.25, -0.2) is 9.67 Å². The van der Waals surface area contributed by atoms with E-state index >= 15 is 0 Å². The molecule has 2 N–H and O–H groups in total. The molecular weight excluding hydrogens is 242 g/mol. The smallest absolute Gasteiger partial charge is 0.280 e. The number of hydrogen-bond acceptors (Lipinski definition) is 3. The van der Waals surface area contributed by atoms with Crippen LogP contribution in [0.4, 0.5) is 0 Å². The number of aromatic nitrogens is 5. The third kappa shape index (κ3) is 1.33. The second kappa shape index (κ2) is 3.55. The van der Waals surface area contributed by atoms with E-state index in [1.165, 1.54) is 4.68 Å². The quantitative estimate of drug-likeness (QED) is 0.539.